The maximum Gasteiger partial charge on any atom is 0.418 e. The number of aliphatic hydroxyl groups is 1. The van der Waals surface area contributed by atoms with Gasteiger partial charge in [-0.2, -0.15) is 4.57 Å². The molecule has 1 aromatic carbocycles. The zero-order valence-corrected chi connectivity index (χ0v) is 26.7. The molecule has 0 spiro atoms. The number of hydrogen-bond acceptors (Lipinski definition) is 11. The predicted molar refractivity (Wildman–Crippen MR) is 163 cm³/mol. The Hall–Kier alpha value is -5.49. The lowest BCUT2D eigenvalue weighted by atomic mass is 9.79. The highest BCUT2D eigenvalue weighted by atomic mass is 19.1. The second-order valence-corrected chi connectivity index (χ2v) is 11.2. The lowest BCUT2D eigenvalue weighted by Crippen LogP contribution is -2.42. The molecule has 0 bridgehead atoms. The summed E-state index contributed by atoms with van der Waals surface area (Å²) in [4.78, 5) is 49.2. The standard InChI is InChI=1S/C31H34F3N9O6/c1-18(27-24(34)12-37-15-39-27)31(47,22-7-6-21(32)11-23(22)33)14-43-17-42(16-40-43)19(2)49-30(46)41(3)28-20(5-4-10-38-28)13-48-29(45)25(35)8-9-26(36)44/h4-7,10-12,15-19,25,47H,8-9,13-14,35H2,1-3H3,(H-,36,44)/p+1/t18-,19?,25-,31?/m0/s1. The van der Waals surface area contributed by atoms with Gasteiger partial charge in [-0.05, 0) is 18.6 Å². The molecule has 4 atom stereocenters. The Labute approximate surface area is 278 Å². The number of anilines is 1. The molecule has 2 amide bonds. The molecule has 2 unspecified atom stereocenters. The summed E-state index contributed by atoms with van der Waals surface area (Å²) in [7, 11) is 1.39. The highest BCUT2D eigenvalue weighted by Gasteiger charge is 2.43. The number of pyridine rings is 1. The van der Waals surface area contributed by atoms with Gasteiger partial charge in [0.1, 0.15) is 48.6 Å². The van der Waals surface area contributed by atoms with Crippen LogP contribution in [0.15, 0.2) is 61.7 Å². The number of primary amides is 1. The van der Waals surface area contributed by atoms with Gasteiger partial charge in [-0.3, -0.25) is 14.5 Å². The van der Waals surface area contributed by atoms with Gasteiger partial charge in [0.05, 0.1) is 11.9 Å². The maximum atomic E-state index is 15.1. The van der Waals surface area contributed by atoms with Gasteiger partial charge < -0.3 is 26.0 Å². The number of nitrogens with zero attached hydrogens (tertiary/aromatic N) is 7. The van der Waals surface area contributed by atoms with Crippen molar-refractivity contribution in [2.75, 3.05) is 11.9 Å². The molecule has 0 saturated carbocycles. The van der Waals surface area contributed by atoms with Crippen LogP contribution in [0.1, 0.15) is 55.7 Å². The molecular formula is C31H35F3N9O6+. The summed E-state index contributed by atoms with van der Waals surface area (Å²) < 4.78 is 56.9. The fourth-order valence-corrected chi connectivity index (χ4v) is 4.91. The summed E-state index contributed by atoms with van der Waals surface area (Å²) in [6.07, 6.45) is 4.13. The zero-order valence-electron chi connectivity index (χ0n) is 26.7. The number of esters is 1. The van der Waals surface area contributed by atoms with E-state index < -0.39 is 65.8 Å². The highest BCUT2D eigenvalue weighted by molar-refractivity contribution is 5.86. The number of carbonyl (C=O) groups excluding carboxylic acids is 3. The van der Waals surface area contributed by atoms with Crippen molar-refractivity contribution in [2.45, 2.75) is 63.6 Å². The lowest BCUT2D eigenvalue weighted by Gasteiger charge is -2.32. The van der Waals surface area contributed by atoms with Gasteiger partial charge in [-0.25, -0.2) is 32.9 Å². The zero-order chi connectivity index (χ0) is 35.9. The summed E-state index contributed by atoms with van der Waals surface area (Å²) >= 11 is 0. The first-order valence-corrected chi connectivity index (χ1v) is 14.9. The molecule has 0 fully saturated rings. The smallest absolute Gasteiger partial charge is 0.418 e. The molecule has 0 radical (unpaired) electrons. The molecule has 3 heterocycles. The first-order chi connectivity index (χ1) is 23.2. The van der Waals surface area contributed by atoms with E-state index in [1.54, 1.807) is 12.1 Å². The second-order valence-electron chi connectivity index (χ2n) is 11.2. The van der Waals surface area contributed by atoms with Crippen molar-refractivity contribution in [3.8, 4) is 0 Å². The van der Waals surface area contributed by atoms with Gasteiger partial charge in [-0.15, -0.1) is 4.68 Å². The molecule has 0 aliphatic rings. The Bertz CT molecular complexity index is 1810. The number of amides is 2. The highest BCUT2D eigenvalue weighted by Crippen LogP contribution is 2.39. The molecule has 18 heteroatoms. The van der Waals surface area contributed by atoms with Crippen molar-refractivity contribution >= 4 is 23.8 Å². The average molecular weight is 687 g/mol. The molecule has 0 saturated heterocycles. The number of ether oxygens (including phenoxy) is 2. The molecule has 4 rings (SSSR count). The quantitative estimate of drug-likeness (QED) is 0.129. The minimum Gasteiger partial charge on any atom is -0.460 e. The summed E-state index contributed by atoms with van der Waals surface area (Å²) in [6, 6.07) is 4.70. The van der Waals surface area contributed by atoms with Crippen LogP contribution in [0.2, 0.25) is 0 Å². The van der Waals surface area contributed by atoms with E-state index in [4.69, 9.17) is 20.9 Å². The molecule has 5 N–H and O–H groups in total. The Balaban J connectivity index is 1.48. The van der Waals surface area contributed by atoms with Crippen LogP contribution in [0.4, 0.5) is 23.8 Å². The van der Waals surface area contributed by atoms with E-state index >= 15 is 4.39 Å². The summed E-state index contributed by atoms with van der Waals surface area (Å²) in [5, 5.41) is 16.1. The molecule has 15 nitrogen and oxygen atoms in total. The largest absolute Gasteiger partial charge is 0.460 e. The number of hydrogen-bond donors (Lipinski definition) is 3. The van der Waals surface area contributed by atoms with Crippen LogP contribution in [0.3, 0.4) is 0 Å². The van der Waals surface area contributed by atoms with Crippen LogP contribution in [0.5, 0.6) is 0 Å². The van der Waals surface area contributed by atoms with Gasteiger partial charge >= 0.3 is 12.1 Å². The fraction of sp³-hybridized carbons (Fsp3) is 0.355. The molecule has 49 heavy (non-hydrogen) atoms. The van der Waals surface area contributed by atoms with Crippen molar-refractivity contribution in [1.29, 1.82) is 0 Å². The van der Waals surface area contributed by atoms with E-state index in [-0.39, 0.29) is 36.5 Å². The van der Waals surface area contributed by atoms with E-state index in [1.165, 1.54) is 49.0 Å². The van der Waals surface area contributed by atoms with Crippen molar-refractivity contribution in [3.05, 3.63) is 96.0 Å². The first-order valence-electron chi connectivity index (χ1n) is 14.9. The second kappa shape index (κ2) is 15.6. The van der Waals surface area contributed by atoms with Gasteiger partial charge in [0.2, 0.25) is 18.5 Å². The monoisotopic (exact) mass is 686 g/mol. The van der Waals surface area contributed by atoms with Crippen molar-refractivity contribution in [3.63, 3.8) is 0 Å². The maximum absolute atomic E-state index is 15.1. The number of carbonyl (C=O) groups is 3. The predicted octanol–water partition coefficient (Wildman–Crippen LogP) is 1.89. The molecule has 4 aromatic rings. The van der Waals surface area contributed by atoms with Gasteiger partial charge in [-0.1, -0.05) is 19.1 Å². The third-order valence-electron chi connectivity index (χ3n) is 7.75. The van der Waals surface area contributed by atoms with Crippen molar-refractivity contribution in [2.24, 2.45) is 11.5 Å². The first kappa shape index (κ1) is 36.3. The molecule has 3 aromatic heterocycles. The van der Waals surface area contributed by atoms with E-state index in [0.29, 0.717) is 11.6 Å². The minimum atomic E-state index is -2.19. The van der Waals surface area contributed by atoms with Crippen LogP contribution < -0.4 is 20.9 Å². The van der Waals surface area contributed by atoms with Gasteiger partial charge in [0.25, 0.3) is 6.33 Å². The molecular weight excluding hydrogens is 651 g/mol. The van der Waals surface area contributed by atoms with Crippen molar-refractivity contribution in [1.82, 2.24) is 24.7 Å². The van der Waals surface area contributed by atoms with E-state index in [1.807, 2.05) is 0 Å². The number of aromatic nitrogens is 6. The summed E-state index contributed by atoms with van der Waals surface area (Å²) in [5.41, 5.74) is 8.47. The Kier molecular flexibility index (Phi) is 11.6. The van der Waals surface area contributed by atoms with E-state index in [9.17, 15) is 28.3 Å². The van der Waals surface area contributed by atoms with Crippen LogP contribution in [0, 0.1) is 17.5 Å². The van der Waals surface area contributed by atoms with Crippen molar-refractivity contribution < 1.29 is 46.7 Å². The third kappa shape index (κ3) is 8.71. The Morgan fingerprint density at radius 2 is 1.90 bits per heavy atom. The Morgan fingerprint density at radius 1 is 1.14 bits per heavy atom. The fourth-order valence-electron chi connectivity index (χ4n) is 4.91. The van der Waals surface area contributed by atoms with Crippen LogP contribution >= 0.6 is 0 Å². The average Bonchev–Trinajstić information content (AvgIpc) is 3.54. The minimum absolute atomic E-state index is 0.00830. The van der Waals surface area contributed by atoms with Gasteiger partial charge in [0, 0.05) is 54.8 Å². The van der Waals surface area contributed by atoms with Crippen LogP contribution in [-0.4, -0.2) is 60.9 Å². The topological polar surface area (TPSA) is 206 Å². The number of halogens is 3. The van der Waals surface area contributed by atoms with E-state index in [2.05, 4.69) is 20.1 Å². The normalized spacial score (nSPS) is 14.3. The number of rotatable bonds is 14. The molecule has 0 aliphatic heterocycles. The van der Waals surface area contributed by atoms with Gasteiger partial charge in [0.15, 0.2) is 5.82 Å². The third-order valence-corrected chi connectivity index (χ3v) is 7.75. The van der Waals surface area contributed by atoms with E-state index in [0.717, 1.165) is 29.6 Å². The van der Waals surface area contributed by atoms with Crippen LogP contribution in [0.25, 0.3) is 0 Å². The Morgan fingerprint density at radius 3 is 2.59 bits per heavy atom. The lowest BCUT2D eigenvalue weighted by molar-refractivity contribution is -0.753. The van der Waals surface area contributed by atoms with Crippen LogP contribution in [-0.2, 0) is 37.8 Å². The summed E-state index contributed by atoms with van der Waals surface area (Å²) in [6.45, 7) is 2.22. The molecule has 260 valence electrons. The molecule has 0 aliphatic carbocycles. The summed E-state index contributed by atoms with van der Waals surface area (Å²) in [5.74, 6) is -5.20. The number of benzene rings is 1. The SMILES string of the molecule is CC(OC(=O)N(C)c1ncccc1COC(=O)[C@@H](N)CCC(N)=O)[n+]1cnn(CC(O)(c2ccc(F)cc2F)[C@@H](C)c2ncncc2F)c1. The number of nitrogens with two attached hydrogens (primary N) is 2.